The third-order valence-electron chi connectivity index (χ3n) is 5.42. The Labute approximate surface area is 141 Å². The van der Waals surface area contributed by atoms with Crippen molar-refractivity contribution >= 4 is 17.2 Å². The van der Waals surface area contributed by atoms with E-state index in [9.17, 15) is 4.79 Å². The van der Waals surface area contributed by atoms with Gasteiger partial charge in [0, 0.05) is 24.2 Å². The van der Waals surface area contributed by atoms with Crippen LogP contribution < -0.4 is 4.80 Å². The Morgan fingerprint density at radius 3 is 2.74 bits per heavy atom. The lowest BCUT2D eigenvalue weighted by Gasteiger charge is -2.26. The number of carbonyl (C=O) groups is 1. The monoisotopic (exact) mass is 338 g/mol. The summed E-state index contributed by atoms with van der Waals surface area (Å²) in [6.45, 7) is 9.64. The average Bonchev–Trinajstić information content (AvgIpc) is 3.04. The maximum atomic E-state index is 12.8. The number of hydrogen-bond donors (Lipinski definition) is 0. The van der Waals surface area contributed by atoms with Crippen LogP contribution in [-0.4, -0.2) is 35.4 Å². The molecule has 2 aliphatic heterocycles. The number of aromatic nitrogens is 1. The molecule has 0 saturated carbocycles. The molecule has 3 rings (SSSR count). The lowest BCUT2D eigenvalue weighted by atomic mass is 9.75. The fourth-order valence-electron chi connectivity index (χ4n) is 3.86. The number of carbonyl (C=O) groups excluding carboxylic acids is 1. The highest BCUT2D eigenvalue weighted by molar-refractivity contribution is 7.09. The molecule has 1 amide bonds. The second kappa shape index (κ2) is 5.83. The molecule has 0 spiro atoms. The van der Waals surface area contributed by atoms with Crippen LogP contribution in [0.15, 0.2) is 4.99 Å². The second-order valence-corrected chi connectivity index (χ2v) is 8.42. The third kappa shape index (κ3) is 2.92. The largest absolute Gasteiger partial charge is 0.383 e. The first-order chi connectivity index (χ1) is 10.8. The van der Waals surface area contributed by atoms with Crippen LogP contribution in [-0.2, 0) is 20.8 Å². The summed E-state index contributed by atoms with van der Waals surface area (Å²) >= 11 is 1.58. The Kier molecular flexibility index (Phi) is 4.27. The Hall–Kier alpha value is -0.980. The van der Waals surface area contributed by atoms with Crippen LogP contribution >= 0.6 is 11.3 Å². The molecule has 2 saturated heterocycles. The van der Waals surface area contributed by atoms with Crippen LogP contribution in [0.5, 0.6) is 0 Å². The molecule has 2 fully saturated rings. The van der Waals surface area contributed by atoms with Crippen molar-refractivity contribution in [2.75, 3.05) is 13.7 Å². The zero-order valence-electron chi connectivity index (χ0n) is 14.6. The summed E-state index contributed by atoms with van der Waals surface area (Å²) in [4.78, 5) is 19.3. The van der Waals surface area contributed by atoms with E-state index in [1.165, 1.54) is 4.88 Å². The Balaban J connectivity index is 1.90. The molecule has 3 heterocycles. The first-order valence-electron chi connectivity index (χ1n) is 8.22. The molecule has 2 bridgehead atoms. The topological polar surface area (TPSA) is 52.8 Å². The van der Waals surface area contributed by atoms with Gasteiger partial charge in [0.25, 0.3) is 5.91 Å². The number of ether oxygens (including phenoxy) is 2. The lowest BCUT2D eigenvalue weighted by molar-refractivity contribution is -0.126. The fourth-order valence-corrected chi connectivity index (χ4v) is 4.87. The zero-order chi connectivity index (χ0) is 16.8. The summed E-state index contributed by atoms with van der Waals surface area (Å²) < 4.78 is 13.4. The smallest absolute Gasteiger partial charge is 0.254 e. The summed E-state index contributed by atoms with van der Waals surface area (Å²) in [6, 6.07) is 0. The van der Waals surface area contributed by atoms with E-state index in [1.807, 2.05) is 0 Å². The van der Waals surface area contributed by atoms with Crippen molar-refractivity contribution in [1.29, 1.82) is 0 Å². The van der Waals surface area contributed by atoms with Crippen LogP contribution in [0.4, 0.5) is 0 Å². The molecule has 1 aromatic heterocycles. The number of thiazole rings is 1. The van der Waals surface area contributed by atoms with Gasteiger partial charge in [0.1, 0.15) is 0 Å². The van der Waals surface area contributed by atoms with Crippen LogP contribution in [0.1, 0.15) is 43.7 Å². The normalized spacial score (nSPS) is 33.6. The quantitative estimate of drug-likeness (QED) is 0.848. The molecule has 23 heavy (non-hydrogen) atoms. The van der Waals surface area contributed by atoms with Gasteiger partial charge in [0.15, 0.2) is 4.80 Å². The standard InChI is InChI=1S/C17H26N2O3S/c1-11-12(2)23-15(19(11)8-9-21-5)18-14(20)13-10-16(3)6-7-17(13,4)22-16/h13H,6-10H2,1-5H3/b18-15-. The minimum absolute atomic E-state index is 0.0386. The van der Waals surface area contributed by atoms with Gasteiger partial charge in [-0.15, -0.1) is 11.3 Å². The van der Waals surface area contributed by atoms with E-state index >= 15 is 0 Å². The number of aryl methyl sites for hydroxylation is 1. The maximum absolute atomic E-state index is 12.8. The van der Waals surface area contributed by atoms with E-state index in [1.54, 1.807) is 18.4 Å². The van der Waals surface area contributed by atoms with Crippen LogP contribution in [0.3, 0.4) is 0 Å². The molecule has 0 aromatic carbocycles. The van der Waals surface area contributed by atoms with Gasteiger partial charge in [0.2, 0.25) is 0 Å². The van der Waals surface area contributed by atoms with Gasteiger partial charge in [-0.1, -0.05) is 0 Å². The number of nitrogens with zero attached hydrogens (tertiary/aromatic N) is 2. The van der Waals surface area contributed by atoms with Gasteiger partial charge in [0.05, 0.1) is 23.7 Å². The van der Waals surface area contributed by atoms with E-state index in [4.69, 9.17) is 9.47 Å². The molecule has 3 unspecified atom stereocenters. The molecule has 3 atom stereocenters. The highest BCUT2D eigenvalue weighted by atomic mass is 32.1. The molecular formula is C17H26N2O3S. The van der Waals surface area contributed by atoms with Gasteiger partial charge in [-0.05, 0) is 47.0 Å². The molecule has 0 aliphatic carbocycles. The van der Waals surface area contributed by atoms with Gasteiger partial charge >= 0.3 is 0 Å². The minimum atomic E-state index is -0.339. The summed E-state index contributed by atoms with van der Waals surface area (Å²) in [7, 11) is 1.69. The summed E-state index contributed by atoms with van der Waals surface area (Å²) in [5.74, 6) is -0.164. The summed E-state index contributed by atoms with van der Waals surface area (Å²) in [6.07, 6.45) is 2.77. The first kappa shape index (κ1) is 16.9. The molecule has 128 valence electrons. The molecule has 0 radical (unpaired) electrons. The molecule has 2 aliphatic rings. The third-order valence-corrected chi connectivity index (χ3v) is 6.51. The lowest BCUT2D eigenvalue weighted by Crippen LogP contribution is -2.36. The van der Waals surface area contributed by atoms with Crippen molar-refractivity contribution in [1.82, 2.24) is 4.57 Å². The van der Waals surface area contributed by atoms with Gasteiger partial charge in [-0.2, -0.15) is 4.99 Å². The molecule has 5 nitrogen and oxygen atoms in total. The van der Waals surface area contributed by atoms with Gasteiger partial charge in [-0.3, -0.25) is 4.79 Å². The number of methoxy groups -OCH3 is 1. The van der Waals surface area contributed by atoms with Crippen molar-refractivity contribution in [2.45, 2.75) is 64.7 Å². The van der Waals surface area contributed by atoms with E-state index in [0.29, 0.717) is 6.61 Å². The second-order valence-electron chi connectivity index (χ2n) is 7.24. The predicted molar refractivity (Wildman–Crippen MR) is 89.5 cm³/mol. The van der Waals surface area contributed by atoms with Crippen LogP contribution in [0.25, 0.3) is 0 Å². The summed E-state index contributed by atoms with van der Waals surface area (Å²) in [5.41, 5.74) is 0.673. The van der Waals surface area contributed by atoms with Crippen molar-refractivity contribution < 1.29 is 14.3 Å². The van der Waals surface area contributed by atoms with Crippen LogP contribution in [0.2, 0.25) is 0 Å². The highest BCUT2D eigenvalue weighted by Gasteiger charge is 2.59. The molecular weight excluding hydrogens is 312 g/mol. The Bertz CT molecular complexity index is 693. The fraction of sp³-hybridized carbons (Fsp3) is 0.765. The van der Waals surface area contributed by atoms with Crippen LogP contribution in [0, 0.1) is 19.8 Å². The Morgan fingerprint density at radius 2 is 2.17 bits per heavy atom. The van der Waals surface area contributed by atoms with Gasteiger partial charge < -0.3 is 14.0 Å². The van der Waals surface area contributed by atoms with Crippen molar-refractivity contribution in [2.24, 2.45) is 10.9 Å². The van der Waals surface area contributed by atoms with E-state index in [-0.39, 0.29) is 23.0 Å². The predicted octanol–water partition coefficient (Wildman–Crippen LogP) is 2.59. The van der Waals surface area contributed by atoms with E-state index < -0.39 is 0 Å². The SMILES string of the molecule is COCCn1c(C)c(C)s/c1=N\C(=O)C1CC2(C)CCC1(C)O2. The number of rotatable bonds is 4. The van der Waals surface area contributed by atoms with E-state index in [2.05, 4.69) is 37.3 Å². The number of hydrogen-bond acceptors (Lipinski definition) is 4. The minimum Gasteiger partial charge on any atom is -0.383 e. The van der Waals surface area contributed by atoms with Crippen molar-refractivity contribution in [3.8, 4) is 0 Å². The first-order valence-corrected chi connectivity index (χ1v) is 9.04. The number of amides is 1. The van der Waals surface area contributed by atoms with Crippen molar-refractivity contribution in [3.05, 3.63) is 15.4 Å². The molecule has 0 N–H and O–H groups in total. The molecule has 1 aromatic rings. The van der Waals surface area contributed by atoms with E-state index in [0.717, 1.165) is 36.3 Å². The van der Waals surface area contributed by atoms with Gasteiger partial charge in [-0.25, -0.2) is 0 Å². The maximum Gasteiger partial charge on any atom is 0.254 e. The summed E-state index contributed by atoms with van der Waals surface area (Å²) in [5, 5.41) is 0. The van der Waals surface area contributed by atoms with Crippen molar-refractivity contribution in [3.63, 3.8) is 0 Å². The number of fused-ring (bicyclic) bond motifs is 2. The zero-order valence-corrected chi connectivity index (χ0v) is 15.5. The average molecular weight is 338 g/mol. The Morgan fingerprint density at radius 1 is 1.43 bits per heavy atom. The highest BCUT2D eigenvalue weighted by Crippen LogP contribution is 2.54. The molecule has 6 heteroatoms.